The van der Waals surface area contributed by atoms with Crippen LogP contribution in [0.5, 0.6) is 0 Å². The number of carbonyl (C=O) groups is 1. The van der Waals surface area contributed by atoms with Crippen molar-refractivity contribution in [1.82, 2.24) is 0 Å². The van der Waals surface area contributed by atoms with E-state index in [1.165, 1.54) is 6.20 Å². The van der Waals surface area contributed by atoms with E-state index in [0.29, 0.717) is 6.41 Å². The molecule has 0 saturated carbocycles. The van der Waals surface area contributed by atoms with Crippen LogP contribution >= 0.6 is 0 Å². The third-order valence-electron chi connectivity index (χ3n) is 0.166. The molecule has 0 N–H and O–H groups in total. The maximum atomic E-state index is 9.17. The third-order valence-corrected chi connectivity index (χ3v) is 0.166. The van der Waals surface area contributed by atoms with Gasteiger partial charge in [0.2, 0.25) is 0 Å². The van der Waals surface area contributed by atoms with Gasteiger partial charge in [0, 0.05) is 6.41 Å². The Hall–Kier alpha value is 0.846. The van der Waals surface area contributed by atoms with Crippen molar-refractivity contribution >= 4 is 6.41 Å². The molecule has 0 aromatic carbocycles. The van der Waals surface area contributed by atoms with E-state index in [1.807, 2.05) is 0 Å². The molecule has 28 valence electrons. The van der Waals surface area contributed by atoms with Crippen LogP contribution in [0.4, 0.5) is 0 Å². The molecular weight excluding hydrogens is 105 g/mol. The molecule has 0 spiro atoms. The first-order valence-electron chi connectivity index (χ1n) is 1.16. The van der Waals surface area contributed by atoms with Crippen LogP contribution in [-0.4, -0.2) is 6.41 Å². The summed E-state index contributed by atoms with van der Waals surface area (Å²) in [7, 11) is 0. The van der Waals surface area contributed by atoms with Crippen molar-refractivity contribution in [3.63, 3.8) is 0 Å². The predicted molar refractivity (Wildman–Crippen MR) is 19.6 cm³/mol. The summed E-state index contributed by atoms with van der Waals surface area (Å²) >= 11 is 0. The van der Waals surface area contributed by atoms with E-state index in [-0.39, 0.29) is 51.4 Å². The average molecular weight is 109 g/mol. The topological polar surface area (TPSA) is 31.2 Å². The van der Waals surface area contributed by atoms with E-state index in [1.54, 1.807) is 0 Å². The van der Waals surface area contributed by atoms with Gasteiger partial charge in [0.25, 0.3) is 0 Å². The van der Waals surface area contributed by atoms with Gasteiger partial charge in [0.1, 0.15) is 0 Å². The van der Waals surface area contributed by atoms with Crippen molar-refractivity contribution in [3.05, 3.63) is 18.1 Å². The van der Waals surface area contributed by atoms with Gasteiger partial charge in [0.15, 0.2) is 0 Å². The molecule has 0 unspecified atom stereocenters. The maximum absolute atomic E-state index is 9.17. The van der Waals surface area contributed by atoms with Crippen molar-refractivity contribution in [2.45, 2.75) is 0 Å². The fourth-order valence-electron chi connectivity index (χ4n) is 0.0430. The number of amides is 1. The zero-order chi connectivity index (χ0) is 4.12. The van der Waals surface area contributed by atoms with Gasteiger partial charge < -0.3 is 10.1 Å². The van der Waals surface area contributed by atoms with Crippen LogP contribution in [0.1, 0.15) is 0 Å². The summed E-state index contributed by atoms with van der Waals surface area (Å²) in [4.78, 5) is 9.17. The van der Waals surface area contributed by atoms with Crippen LogP contribution in [0, 0.1) is 0 Å². The molecule has 0 radical (unpaired) electrons. The maximum Gasteiger partial charge on any atom is 1.00 e. The van der Waals surface area contributed by atoms with E-state index >= 15 is 0 Å². The summed E-state index contributed by atoms with van der Waals surface area (Å²) in [6.45, 7) is 3.15. The second-order valence-electron chi connectivity index (χ2n) is 0.437. The summed E-state index contributed by atoms with van der Waals surface area (Å²) in [6, 6.07) is 0. The minimum Gasteiger partial charge on any atom is -0.637 e. The van der Waals surface area contributed by atoms with Gasteiger partial charge >= 0.3 is 51.4 Å². The molecule has 0 saturated heterocycles. The summed E-state index contributed by atoms with van der Waals surface area (Å²) in [6.07, 6.45) is 1.62. The molecule has 0 aliphatic carbocycles. The predicted octanol–water partition coefficient (Wildman–Crippen LogP) is -2.34. The van der Waals surface area contributed by atoms with E-state index in [9.17, 15) is 0 Å². The molecule has 2 nitrogen and oxygen atoms in total. The molecule has 3 heteroatoms. The molecule has 0 aromatic rings. The Morgan fingerprint density at radius 2 is 2.17 bits per heavy atom. The monoisotopic (exact) mass is 109 g/mol. The van der Waals surface area contributed by atoms with E-state index < -0.39 is 0 Å². The van der Waals surface area contributed by atoms with Gasteiger partial charge in [-0.25, -0.2) is 0 Å². The first-order chi connectivity index (χ1) is 2.41. The minimum absolute atomic E-state index is 0. The van der Waals surface area contributed by atoms with Crippen molar-refractivity contribution < 1.29 is 56.2 Å². The Kier molecular flexibility index (Phi) is 15.4. The van der Waals surface area contributed by atoms with E-state index in [0.717, 1.165) is 0 Å². The van der Waals surface area contributed by atoms with Gasteiger partial charge in [-0.3, -0.25) is 0 Å². The fourth-order valence-corrected chi connectivity index (χ4v) is 0.0430. The van der Waals surface area contributed by atoms with Crippen molar-refractivity contribution in [2.75, 3.05) is 0 Å². The zero-order valence-corrected chi connectivity index (χ0v) is 6.84. The molecule has 0 atom stereocenters. The Bertz CT molecular complexity index is 40.1. The van der Waals surface area contributed by atoms with Gasteiger partial charge in [-0.1, -0.05) is 0 Å². The van der Waals surface area contributed by atoms with Crippen LogP contribution in [0.15, 0.2) is 12.8 Å². The molecular formula is C3H4KNO. The number of rotatable bonds is 2. The zero-order valence-electron chi connectivity index (χ0n) is 3.72. The Morgan fingerprint density at radius 1 is 1.67 bits per heavy atom. The summed E-state index contributed by atoms with van der Waals surface area (Å²) < 4.78 is 0. The first-order valence-corrected chi connectivity index (χ1v) is 1.16. The first kappa shape index (κ1) is 9.96. The third kappa shape index (κ3) is 8.85. The van der Waals surface area contributed by atoms with Gasteiger partial charge in [0.05, 0.1) is 0 Å². The summed E-state index contributed by atoms with van der Waals surface area (Å²) in [5.74, 6) is 0. The minimum atomic E-state index is 0. The normalized spacial score (nSPS) is 4.67. The van der Waals surface area contributed by atoms with Crippen molar-refractivity contribution in [3.8, 4) is 0 Å². The molecule has 0 fully saturated rings. The fraction of sp³-hybridized carbons (Fsp3) is 0. The van der Waals surface area contributed by atoms with Crippen molar-refractivity contribution in [2.24, 2.45) is 0 Å². The smallest absolute Gasteiger partial charge is 0.637 e. The van der Waals surface area contributed by atoms with Crippen LogP contribution in [0.2, 0.25) is 0 Å². The molecule has 0 aliphatic heterocycles. The number of carbonyl (C=O) groups excluding carboxylic acids is 1. The summed E-state index contributed by atoms with van der Waals surface area (Å²) in [5.41, 5.74) is 0. The quantitative estimate of drug-likeness (QED) is 0.289. The molecule has 0 heterocycles. The standard InChI is InChI=1S/C3H5NO.K/c1-2-4-3-5;/h2-3H,1H2,(H,4,5);/q;+1/p-1. The molecule has 0 rings (SSSR count). The Morgan fingerprint density at radius 3 is 2.17 bits per heavy atom. The molecule has 0 aromatic heterocycles. The van der Waals surface area contributed by atoms with E-state index in [2.05, 4.69) is 11.9 Å². The summed E-state index contributed by atoms with van der Waals surface area (Å²) in [5, 5.41) is 3.06. The number of nitrogens with zero attached hydrogens (tertiary/aromatic N) is 1. The van der Waals surface area contributed by atoms with Crippen LogP contribution in [-0.2, 0) is 4.79 Å². The van der Waals surface area contributed by atoms with Gasteiger partial charge in [-0.15, -0.1) is 6.58 Å². The molecule has 1 amide bonds. The SMILES string of the molecule is C=C[N-]C=O.[K+]. The van der Waals surface area contributed by atoms with Crippen molar-refractivity contribution in [1.29, 1.82) is 0 Å². The van der Waals surface area contributed by atoms with Gasteiger partial charge in [-0.2, -0.15) is 6.20 Å². The second kappa shape index (κ2) is 9.28. The average Bonchev–Trinajstić information content (AvgIpc) is 1.41. The Balaban J connectivity index is 0. The molecule has 6 heavy (non-hydrogen) atoms. The number of hydrogen-bond donors (Lipinski definition) is 0. The van der Waals surface area contributed by atoms with Crippen LogP contribution < -0.4 is 51.4 Å². The Labute approximate surface area is 79.4 Å². The van der Waals surface area contributed by atoms with Crippen LogP contribution in [0.3, 0.4) is 0 Å². The van der Waals surface area contributed by atoms with Crippen LogP contribution in [0.25, 0.3) is 5.32 Å². The molecule has 0 aliphatic rings. The second-order valence-corrected chi connectivity index (χ2v) is 0.437. The largest absolute Gasteiger partial charge is 1.00 e. The molecule has 0 bridgehead atoms. The van der Waals surface area contributed by atoms with Gasteiger partial charge in [-0.05, 0) is 0 Å². The van der Waals surface area contributed by atoms with E-state index in [4.69, 9.17) is 4.79 Å². The number of hydrogen-bond acceptors (Lipinski definition) is 1.